The van der Waals surface area contributed by atoms with Crippen LogP contribution in [0.4, 0.5) is 11.6 Å². The van der Waals surface area contributed by atoms with Crippen molar-refractivity contribution in [3.05, 3.63) is 48.8 Å². The average molecular weight is 311 g/mol. The van der Waals surface area contributed by atoms with Gasteiger partial charge in [0.2, 0.25) is 11.9 Å². The summed E-state index contributed by atoms with van der Waals surface area (Å²) in [4.78, 5) is 22.6. The minimum absolute atomic E-state index is 0.0361. The Bertz CT molecular complexity index is 611. The highest BCUT2D eigenvalue weighted by atomic mass is 16.2. The standard InChI is InChI=1S/C17H21N5O/c23-16(20-14-5-2-1-3-6-14)13-22-11-7-15(8-12-22)21-17-18-9-4-10-19-17/h1-6,9-10,15H,7-8,11-13H2,(H,20,23)(H,18,19,21). The highest BCUT2D eigenvalue weighted by molar-refractivity contribution is 5.92. The van der Waals surface area contributed by atoms with Crippen LogP contribution in [0.2, 0.25) is 0 Å². The zero-order chi connectivity index (χ0) is 15.9. The number of carbonyl (C=O) groups is 1. The van der Waals surface area contributed by atoms with Crippen LogP contribution in [0.15, 0.2) is 48.8 Å². The molecule has 1 aromatic carbocycles. The average Bonchev–Trinajstić information content (AvgIpc) is 2.58. The second-order valence-corrected chi connectivity index (χ2v) is 5.68. The van der Waals surface area contributed by atoms with E-state index in [1.807, 2.05) is 30.3 Å². The molecular formula is C17H21N5O. The summed E-state index contributed by atoms with van der Waals surface area (Å²) >= 11 is 0. The Morgan fingerprint density at radius 3 is 2.48 bits per heavy atom. The largest absolute Gasteiger partial charge is 0.351 e. The number of para-hydroxylation sites is 1. The quantitative estimate of drug-likeness (QED) is 0.884. The monoisotopic (exact) mass is 311 g/mol. The number of piperidine rings is 1. The molecule has 1 amide bonds. The highest BCUT2D eigenvalue weighted by Gasteiger charge is 2.21. The highest BCUT2D eigenvalue weighted by Crippen LogP contribution is 2.14. The van der Waals surface area contributed by atoms with E-state index in [1.54, 1.807) is 18.5 Å². The summed E-state index contributed by atoms with van der Waals surface area (Å²) in [5.41, 5.74) is 0.843. The predicted molar refractivity (Wildman–Crippen MR) is 90.2 cm³/mol. The van der Waals surface area contributed by atoms with Crippen molar-refractivity contribution in [2.45, 2.75) is 18.9 Å². The van der Waals surface area contributed by atoms with Gasteiger partial charge in [-0.15, -0.1) is 0 Å². The lowest BCUT2D eigenvalue weighted by molar-refractivity contribution is -0.117. The number of nitrogens with zero attached hydrogens (tertiary/aromatic N) is 3. The predicted octanol–water partition coefficient (Wildman–Crippen LogP) is 1.99. The number of carbonyl (C=O) groups excluding carboxylic acids is 1. The second-order valence-electron chi connectivity index (χ2n) is 5.68. The van der Waals surface area contributed by atoms with E-state index < -0.39 is 0 Å². The van der Waals surface area contributed by atoms with E-state index in [1.165, 1.54) is 0 Å². The van der Waals surface area contributed by atoms with Gasteiger partial charge in [0.15, 0.2) is 0 Å². The lowest BCUT2D eigenvalue weighted by atomic mass is 10.1. The molecule has 0 aliphatic carbocycles. The van der Waals surface area contributed by atoms with Crippen LogP contribution in [0, 0.1) is 0 Å². The topological polar surface area (TPSA) is 70.2 Å². The SMILES string of the molecule is O=C(CN1CCC(Nc2ncccn2)CC1)Nc1ccccc1. The first-order valence-electron chi connectivity index (χ1n) is 7.90. The first-order valence-corrected chi connectivity index (χ1v) is 7.90. The Labute approximate surface area is 135 Å². The first kappa shape index (κ1) is 15.4. The Hall–Kier alpha value is -2.47. The molecule has 1 aliphatic heterocycles. The fourth-order valence-corrected chi connectivity index (χ4v) is 2.72. The van der Waals surface area contributed by atoms with Gasteiger partial charge in [0, 0.05) is 37.2 Å². The van der Waals surface area contributed by atoms with Crippen molar-refractivity contribution in [3.8, 4) is 0 Å². The van der Waals surface area contributed by atoms with E-state index in [4.69, 9.17) is 0 Å². The number of likely N-dealkylation sites (tertiary alicyclic amines) is 1. The van der Waals surface area contributed by atoms with Crippen molar-refractivity contribution in [2.24, 2.45) is 0 Å². The van der Waals surface area contributed by atoms with Crippen LogP contribution in [0.3, 0.4) is 0 Å². The molecule has 1 fully saturated rings. The van der Waals surface area contributed by atoms with Gasteiger partial charge in [-0.05, 0) is 31.0 Å². The van der Waals surface area contributed by atoms with E-state index in [0.717, 1.165) is 31.6 Å². The number of hydrogen-bond acceptors (Lipinski definition) is 5. The number of aromatic nitrogens is 2. The van der Waals surface area contributed by atoms with Crippen LogP contribution < -0.4 is 10.6 Å². The third-order valence-corrected chi connectivity index (χ3v) is 3.91. The molecule has 1 saturated heterocycles. The Kier molecular flexibility index (Phi) is 5.16. The molecule has 0 saturated carbocycles. The van der Waals surface area contributed by atoms with Crippen LogP contribution in [-0.2, 0) is 4.79 Å². The fourth-order valence-electron chi connectivity index (χ4n) is 2.72. The molecule has 2 N–H and O–H groups in total. The molecule has 1 aliphatic rings. The summed E-state index contributed by atoms with van der Waals surface area (Å²) in [5, 5.41) is 6.27. The van der Waals surface area contributed by atoms with Crippen molar-refractivity contribution >= 4 is 17.5 Å². The summed E-state index contributed by atoms with van der Waals surface area (Å²) < 4.78 is 0. The van der Waals surface area contributed by atoms with Crippen molar-refractivity contribution in [1.82, 2.24) is 14.9 Å². The number of amides is 1. The van der Waals surface area contributed by atoms with Crippen LogP contribution >= 0.6 is 0 Å². The maximum Gasteiger partial charge on any atom is 0.238 e. The summed E-state index contributed by atoms with van der Waals surface area (Å²) in [7, 11) is 0. The van der Waals surface area contributed by atoms with Crippen molar-refractivity contribution in [3.63, 3.8) is 0 Å². The maximum atomic E-state index is 12.1. The van der Waals surface area contributed by atoms with Crippen LogP contribution in [-0.4, -0.2) is 46.5 Å². The van der Waals surface area contributed by atoms with Gasteiger partial charge in [-0.3, -0.25) is 9.69 Å². The molecule has 6 nitrogen and oxygen atoms in total. The summed E-state index contributed by atoms with van der Waals surface area (Å²) in [6, 6.07) is 11.7. The van der Waals surface area contributed by atoms with Gasteiger partial charge >= 0.3 is 0 Å². The summed E-state index contributed by atoms with van der Waals surface area (Å²) in [5.74, 6) is 0.710. The fraction of sp³-hybridized carbons (Fsp3) is 0.353. The van der Waals surface area contributed by atoms with Gasteiger partial charge in [-0.1, -0.05) is 18.2 Å². The molecule has 2 aromatic rings. The lowest BCUT2D eigenvalue weighted by Gasteiger charge is -2.31. The lowest BCUT2D eigenvalue weighted by Crippen LogP contribution is -2.42. The van der Waals surface area contributed by atoms with E-state index >= 15 is 0 Å². The molecule has 0 bridgehead atoms. The van der Waals surface area contributed by atoms with Gasteiger partial charge in [-0.2, -0.15) is 0 Å². The summed E-state index contributed by atoms with van der Waals surface area (Å²) in [6.07, 6.45) is 5.44. The molecule has 1 aromatic heterocycles. The van der Waals surface area contributed by atoms with E-state index in [-0.39, 0.29) is 5.91 Å². The molecule has 2 heterocycles. The van der Waals surface area contributed by atoms with Gasteiger partial charge in [0.05, 0.1) is 6.54 Å². The molecule has 120 valence electrons. The normalized spacial score (nSPS) is 16.0. The molecule has 23 heavy (non-hydrogen) atoms. The van der Waals surface area contributed by atoms with E-state index in [0.29, 0.717) is 18.5 Å². The molecular weight excluding hydrogens is 290 g/mol. The van der Waals surface area contributed by atoms with Crippen molar-refractivity contribution in [2.75, 3.05) is 30.3 Å². The minimum atomic E-state index is 0.0361. The zero-order valence-electron chi connectivity index (χ0n) is 13.0. The van der Waals surface area contributed by atoms with Gasteiger partial charge in [0.25, 0.3) is 0 Å². The number of nitrogens with one attached hydrogen (secondary N) is 2. The summed E-state index contributed by atoms with van der Waals surface area (Å²) in [6.45, 7) is 2.23. The number of hydrogen-bond donors (Lipinski definition) is 2. The minimum Gasteiger partial charge on any atom is -0.351 e. The van der Waals surface area contributed by atoms with E-state index in [9.17, 15) is 4.79 Å². The first-order chi connectivity index (χ1) is 11.3. The Morgan fingerprint density at radius 1 is 1.09 bits per heavy atom. The zero-order valence-corrected chi connectivity index (χ0v) is 13.0. The van der Waals surface area contributed by atoms with Gasteiger partial charge in [-0.25, -0.2) is 9.97 Å². The van der Waals surface area contributed by atoms with Crippen LogP contribution in [0.5, 0.6) is 0 Å². The molecule has 3 rings (SSSR count). The van der Waals surface area contributed by atoms with Crippen molar-refractivity contribution < 1.29 is 4.79 Å². The molecule has 0 spiro atoms. The number of rotatable bonds is 5. The maximum absolute atomic E-state index is 12.1. The van der Waals surface area contributed by atoms with Crippen LogP contribution in [0.25, 0.3) is 0 Å². The number of anilines is 2. The van der Waals surface area contributed by atoms with Crippen molar-refractivity contribution in [1.29, 1.82) is 0 Å². The van der Waals surface area contributed by atoms with Gasteiger partial charge < -0.3 is 10.6 Å². The van der Waals surface area contributed by atoms with Gasteiger partial charge in [0.1, 0.15) is 0 Å². The third kappa shape index (κ3) is 4.75. The Morgan fingerprint density at radius 2 is 1.78 bits per heavy atom. The number of benzene rings is 1. The van der Waals surface area contributed by atoms with Crippen LogP contribution in [0.1, 0.15) is 12.8 Å². The second kappa shape index (κ2) is 7.69. The smallest absolute Gasteiger partial charge is 0.238 e. The molecule has 0 atom stereocenters. The molecule has 0 radical (unpaired) electrons. The van der Waals surface area contributed by atoms with E-state index in [2.05, 4.69) is 25.5 Å². The Balaban J connectivity index is 1.41. The molecule has 6 heteroatoms. The molecule has 0 unspecified atom stereocenters. The third-order valence-electron chi connectivity index (χ3n) is 3.91.